The molecule has 0 aliphatic carbocycles. The lowest BCUT2D eigenvalue weighted by Crippen LogP contribution is -2.22. The van der Waals surface area contributed by atoms with E-state index in [4.69, 9.17) is 4.42 Å². The number of furan rings is 1. The fourth-order valence-electron chi connectivity index (χ4n) is 1.54. The van der Waals surface area contributed by atoms with Gasteiger partial charge in [0.1, 0.15) is 11.6 Å². The maximum absolute atomic E-state index is 13.5. The van der Waals surface area contributed by atoms with Crippen molar-refractivity contribution in [1.82, 2.24) is 5.32 Å². The lowest BCUT2D eigenvalue weighted by molar-refractivity contribution is 0.0947. The molecule has 0 bridgehead atoms. The second-order valence-electron chi connectivity index (χ2n) is 3.71. The van der Waals surface area contributed by atoms with Crippen LogP contribution in [-0.4, -0.2) is 13.0 Å². The predicted molar refractivity (Wildman–Crippen MR) is 65.8 cm³/mol. The van der Waals surface area contributed by atoms with E-state index in [-0.39, 0.29) is 18.0 Å². The summed E-state index contributed by atoms with van der Waals surface area (Å²) in [6, 6.07) is 7.78. The summed E-state index contributed by atoms with van der Waals surface area (Å²) < 4.78 is 18.5. The first kappa shape index (κ1) is 12.2. The molecule has 5 heteroatoms. The molecule has 0 spiro atoms. The first-order chi connectivity index (χ1) is 8.70. The van der Waals surface area contributed by atoms with Gasteiger partial charge in [0, 0.05) is 12.6 Å². The number of hydrogen-bond donors (Lipinski definition) is 2. The fourth-order valence-corrected chi connectivity index (χ4v) is 1.54. The second-order valence-corrected chi connectivity index (χ2v) is 3.71. The highest BCUT2D eigenvalue weighted by Crippen LogP contribution is 2.15. The van der Waals surface area contributed by atoms with E-state index < -0.39 is 5.82 Å². The van der Waals surface area contributed by atoms with Crippen LogP contribution in [0.15, 0.2) is 41.0 Å². The van der Waals surface area contributed by atoms with Crippen molar-refractivity contribution in [3.63, 3.8) is 0 Å². The first-order valence-electron chi connectivity index (χ1n) is 5.48. The maximum atomic E-state index is 13.5. The van der Waals surface area contributed by atoms with Crippen LogP contribution in [-0.2, 0) is 6.54 Å². The Labute approximate surface area is 104 Å². The van der Waals surface area contributed by atoms with E-state index >= 15 is 0 Å². The van der Waals surface area contributed by atoms with Crippen LogP contribution in [0.5, 0.6) is 0 Å². The lowest BCUT2D eigenvalue weighted by Gasteiger charge is -2.06. The number of halogens is 1. The van der Waals surface area contributed by atoms with E-state index in [1.807, 2.05) is 0 Å². The summed E-state index contributed by atoms with van der Waals surface area (Å²) in [5.41, 5.74) is 0.635. The van der Waals surface area contributed by atoms with Crippen molar-refractivity contribution in [2.45, 2.75) is 6.54 Å². The Hall–Kier alpha value is -2.30. The molecule has 0 unspecified atom stereocenters. The topological polar surface area (TPSA) is 54.3 Å². The average molecular weight is 248 g/mol. The highest BCUT2D eigenvalue weighted by Gasteiger charge is 2.09. The van der Waals surface area contributed by atoms with Crippen LogP contribution in [0, 0.1) is 5.82 Å². The number of amides is 1. The van der Waals surface area contributed by atoms with E-state index in [1.165, 1.54) is 18.4 Å². The van der Waals surface area contributed by atoms with Crippen LogP contribution >= 0.6 is 0 Å². The van der Waals surface area contributed by atoms with E-state index in [9.17, 15) is 9.18 Å². The van der Waals surface area contributed by atoms with Gasteiger partial charge in [0.05, 0.1) is 18.5 Å². The molecule has 2 aromatic rings. The SMILES string of the molecule is CNc1ccc(C(=O)NCc2ccco2)cc1F. The lowest BCUT2D eigenvalue weighted by atomic mass is 10.2. The van der Waals surface area contributed by atoms with Crippen LogP contribution in [0.3, 0.4) is 0 Å². The Kier molecular flexibility index (Phi) is 3.62. The Morgan fingerprint density at radius 1 is 1.39 bits per heavy atom. The third-order valence-corrected chi connectivity index (χ3v) is 2.50. The third kappa shape index (κ3) is 2.68. The molecule has 18 heavy (non-hydrogen) atoms. The Morgan fingerprint density at radius 2 is 2.22 bits per heavy atom. The molecule has 1 amide bonds. The normalized spacial score (nSPS) is 10.1. The zero-order valence-corrected chi connectivity index (χ0v) is 9.87. The minimum absolute atomic E-state index is 0.276. The van der Waals surface area contributed by atoms with Crippen molar-refractivity contribution in [3.8, 4) is 0 Å². The van der Waals surface area contributed by atoms with Gasteiger partial charge in [0.15, 0.2) is 0 Å². The van der Waals surface area contributed by atoms with Gasteiger partial charge >= 0.3 is 0 Å². The molecule has 0 saturated heterocycles. The molecule has 2 N–H and O–H groups in total. The van der Waals surface area contributed by atoms with Crippen molar-refractivity contribution in [2.75, 3.05) is 12.4 Å². The van der Waals surface area contributed by atoms with Crippen LogP contribution in [0.25, 0.3) is 0 Å². The van der Waals surface area contributed by atoms with Gasteiger partial charge in [0.2, 0.25) is 0 Å². The van der Waals surface area contributed by atoms with Crippen LogP contribution in [0.2, 0.25) is 0 Å². The van der Waals surface area contributed by atoms with E-state index in [1.54, 1.807) is 25.2 Å². The van der Waals surface area contributed by atoms with Gasteiger partial charge < -0.3 is 15.1 Å². The van der Waals surface area contributed by atoms with Gasteiger partial charge in [-0.15, -0.1) is 0 Å². The molecule has 4 nitrogen and oxygen atoms in total. The standard InChI is InChI=1S/C13H13FN2O2/c1-15-12-5-4-9(7-11(12)14)13(17)16-8-10-3-2-6-18-10/h2-7,15H,8H2,1H3,(H,16,17). The Morgan fingerprint density at radius 3 is 2.83 bits per heavy atom. The van der Waals surface area contributed by atoms with Gasteiger partial charge in [-0.1, -0.05) is 0 Å². The molecule has 0 radical (unpaired) electrons. The molecule has 0 aliphatic heterocycles. The van der Waals surface area contributed by atoms with Crippen LogP contribution < -0.4 is 10.6 Å². The molecule has 1 aromatic carbocycles. The predicted octanol–water partition coefficient (Wildman–Crippen LogP) is 2.39. The summed E-state index contributed by atoms with van der Waals surface area (Å²) in [5.74, 6) is -0.147. The van der Waals surface area contributed by atoms with Crippen LogP contribution in [0.4, 0.5) is 10.1 Å². The summed E-state index contributed by atoms with van der Waals surface area (Å²) in [6.07, 6.45) is 1.53. The molecular formula is C13H13FN2O2. The summed E-state index contributed by atoms with van der Waals surface area (Å²) in [7, 11) is 1.62. The maximum Gasteiger partial charge on any atom is 0.251 e. The van der Waals surface area contributed by atoms with Crippen molar-refractivity contribution in [3.05, 3.63) is 53.7 Å². The van der Waals surface area contributed by atoms with Crippen molar-refractivity contribution >= 4 is 11.6 Å². The number of benzene rings is 1. The monoisotopic (exact) mass is 248 g/mol. The average Bonchev–Trinajstić information content (AvgIpc) is 2.89. The molecule has 1 heterocycles. The molecule has 0 saturated carbocycles. The van der Waals surface area contributed by atoms with Gasteiger partial charge in [-0.2, -0.15) is 0 Å². The third-order valence-electron chi connectivity index (χ3n) is 2.50. The molecular weight excluding hydrogens is 235 g/mol. The highest BCUT2D eigenvalue weighted by atomic mass is 19.1. The van der Waals surface area contributed by atoms with Gasteiger partial charge in [-0.05, 0) is 30.3 Å². The highest BCUT2D eigenvalue weighted by molar-refractivity contribution is 5.94. The summed E-state index contributed by atoms with van der Waals surface area (Å²) >= 11 is 0. The fraction of sp³-hybridized carbons (Fsp3) is 0.154. The van der Waals surface area contributed by atoms with Gasteiger partial charge in [-0.3, -0.25) is 4.79 Å². The second kappa shape index (κ2) is 5.35. The molecule has 0 fully saturated rings. The number of rotatable bonds is 4. The van der Waals surface area contributed by atoms with E-state index in [0.717, 1.165) is 0 Å². The quantitative estimate of drug-likeness (QED) is 0.873. The summed E-state index contributed by atoms with van der Waals surface area (Å²) in [5, 5.41) is 5.34. The zero-order valence-electron chi connectivity index (χ0n) is 9.87. The van der Waals surface area contributed by atoms with Gasteiger partial charge in [-0.25, -0.2) is 4.39 Å². The van der Waals surface area contributed by atoms with E-state index in [2.05, 4.69) is 10.6 Å². The Balaban J connectivity index is 2.02. The van der Waals surface area contributed by atoms with Gasteiger partial charge in [0.25, 0.3) is 5.91 Å². The Bertz CT molecular complexity index is 538. The molecule has 0 aliphatic rings. The van der Waals surface area contributed by atoms with Crippen LogP contribution in [0.1, 0.15) is 16.1 Å². The number of anilines is 1. The number of nitrogens with one attached hydrogen (secondary N) is 2. The molecule has 1 aromatic heterocycles. The number of carbonyl (C=O) groups excluding carboxylic acids is 1. The zero-order chi connectivity index (χ0) is 13.0. The van der Waals surface area contributed by atoms with Crippen molar-refractivity contribution < 1.29 is 13.6 Å². The number of carbonyl (C=O) groups is 1. The molecule has 2 rings (SSSR count). The smallest absolute Gasteiger partial charge is 0.251 e. The largest absolute Gasteiger partial charge is 0.467 e. The summed E-state index contributed by atoms with van der Waals surface area (Å²) in [4.78, 5) is 11.8. The molecule has 0 atom stereocenters. The van der Waals surface area contributed by atoms with Crippen molar-refractivity contribution in [2.24, 2.45) is 0 Å². The minimum atomic E-state index is -0.455. The molecule has 94 valence electrons. The minimum Gasteiger partial charge on any atom is -0.467 e. The number of hydrogen-bond acceptors (Lipinski definition) is 3. The van der Waals surface area contributed by atoms with E-state index in [0.29, 0.717) is 11.4 Å². The van der Waals surface area contributed by atoms with Crippen molar-refractivity contribution in [1.29, 1.82) is 0 Å². The first-order valence-corrected chi connectivity index (χ1v) is 5.48. The summed E-state index contributed by atoms with van der Waals surface area (Å²) in [6.45, 7) is 0.279.